The standard InChI is InChI=1S/C19H20O8/c1-3-14(8-20)25-13(2)11-23-19(18-7-6-16(10-22)27-18)24-12-17-5-4-15(9-21)26-17/h3-9,19,22H,2,10-12H2,1H3/b14-3-. The van der Waals surface area contributed by atoms with Crippen LogP contribution < -0.4 is 0 Å². The molecule has 27 heavy (non-hydrogen) atoms. The van der Waals surface area contributed by atoms with Gasteiger partial charge in [-0.3, -0.25) is 9.59 Å². The van der Waals surface area contributed by atoms with Crippen LogP contribution in [0.2, 0.25) is 0 Å². The molecule has 0 amide bonds. The van der Waals surface area contributed by atoms with E-state index in [1.807, 2.05) is 0 Å². The van der Waals surface area contributed by atoms with Crippen LogP contribution in [0.5, 0.6) is 0 Å². The molecule has 1 unspecified atom stereocenters. The van der Waals surface area contributed by atoms with Crippen molar-refractivity contribution in [1.29, 1.82) is 0 Å². The van der Waals surface area contributed by atoms with Crippen LogP contribution in [0, 0.1) is 0 Å². The number of hydrogen-bond donors (Lipinski definition) is 1. The Hall–Kier alpha value is -2.94. The van der Waals surface area contributed by atoms with E-state index >= 15 is 0 Å². The van der Waals surface area contributed by atoms with Crippen LogP contribution >= 0.6 is 0 Å². The van der Waals surface area contributed by atoms with Crippen molar-refractivity contribution < 1.29 is 37.7 Å². The predicted octanol–water partition coefficient (Wildman–Crippen LogP) is 3.04. The van der Waals surface area contributed by atoms with Crippen molar-refractivity contribution in [2.75, 3.05) is 6.61 Å². The maximum atomic E-state index is 10.8. The molecule has 1 N–H and O–H groups in total. The van der Waals surface area contributed by atoms with E-state index in [1.165, 1.54) is 12.1 Å². The molecule has 1 atom stereocenters. The summed E-state index contributed by atoms with van der Waals surface area (Å²) in [5, 5.41) is 9.15. The molecule has 0 radical (unpaired) electrons. The quantitative estimate of drug-likeness (QED) is 0.261. The third kappa shape index (κ3) is 6.07. The summed E-state index contributed by atoms with van der Waals surface area (Å²) in [5.74, 6) is 1.57. The van der Waals surface area contributed by atoms with Gasteiger partial charge in [0, 0.05) is 0 Å². The van der Waals surface area contributed by atoms with Crippen LogP contribution in [0.1, 0.15) is 41.0 Å². The van der Waals surface area contributed by atoms with Gasteiger partial charge in [0.1, 0.15) is 37.1 Å². The van der Waals surface area contributed by atoms with E-state index in [0.717, 1.165) is 0 Å². The van der Waals surface area contributed by atoms with Gasteiger partial charge < -0.3 is 28.2 Å². The molecule has 0 aliphatic rings. The lowest BCUT2D eigenvalue weighted by Gasteiger charge is -2.17. The molecule has 0 saturated heterocycles. The zero-order valence-corrected chi connectivity index (χ0v) is 14.8. The largest absolute Gasteiger partial charge is 0.458 e. The number of aliphatic hydroxyl groups excluding tert-OH is 1. The Morgan fingerprint density at radius 3 is 2.56 bits per heavy atom. The summed E-state index contributed by atoms with van der Waals surface area (Å²) < 4.78 is 27.2. The van der Waals surface area contributed by atoms with Gasteiger partial charge in [-0.25, -0.2) is 0 Å². The summed E-state index contributed by atoms with van der Waals surface area (Å²) in [4.78, 5) is 21.5. The first-order chi connectivity index (χ1) is 13.1. The highest BCUT2D eigenvalue weighted by atomic mass is 16.7. The second-order valence-corrected chi connectivity index (χ2v) is 5.29. The van der Waals surface area contributed by atoms with E-state index < -0.39 is 6.29 Å². The zero-order valence-electron chi connectivity index (χ0n) is 14.8. The summed E-state index contributed by atoms with van der Waals surface area (Å²) in [5.41, 5.74) is 0. The Bertz CT molecular complexity index is 798. The third-order valence-electron chi connectivity index (χ3n) is 3.30. The van der Waals surface area contributed by atoms with Crippen molar-refractivity contribution in [1.82, 2.24) is 0 Å². The fraction of sp³-hybridized carbons (Fsp3) is 0.263. The first-order valence-electron chi connectivity index (χ1n) is 8.03. The van der Waals surface area contributed by atoms with Gasteiger partial charge in [0.2, 0.25) is 6.29 Å². The molecule has 8 heteroatoms. The topological polar surface area (TPSA) is 108 Å². The van der Waals surface area contributed by atoms with Crippen LogP contribution in [-0.4, -0.2) is 24.3 Å². The molecule has 0 bridgehead atoms. The molecule has 2 rings (SSSR count). The van der Waals surface area contributed by atoms with Crippen molar-refractivity contribution in [3.8, 4) is 0 Å². The predicted molar refractivity (Wildman–Crippen MR) is 92.3 cm³/mol. The highest BCUT2D eigenvalue weighted by Crippen LogP contribution is 2.24. The molecule has 0 spiro atoms. The van der Waals surface area contributed by atoms with Gasteiger partial charge in [-0.2, -0.15) is 0 Å². The third-order valence-corrected chi connectivity index (χ3v) is 3.30. The number of carbonyl (C=O) groups is 2. The van der Waals surface area contributed by atoms with Crippen LogP contribution in [-0.2, 0) is 32.2 Å². The number of aldehydes is 2. The van der Waals surface area contributed by atoms with E-state index in [4.69, 9.17) is 28.2 Å². The second-order valence-electron chi connectivity index (χ2n) is 5.29. The van der Waals surface area contributed by atoms with Gasteiger partial charge in [0.15, 0.2) is 29.9 Å². The number of aliphatic hydroxyl groups is 1. The zero-order chi connectivity index (χ0) is 19.6. The number of allylic oxidation sites excluding steroid dienone is 2. The van der Waals surface area contributed by atoms with Crippen molar-refractivity contribution in [3.05, 3.63) is 71.5 Å². The molecule has 144 valence electrons. The Morgan fingerprint density at radius 1 is 1.19 bits per heavy atom. The minimum atomic E-state index is -0.958. The number of ether oxygens (including phenoxy) is 3. The number of rotatable bonds is 12. The summed E-state index contributed by atoms with van der Waals surface area (Å²) in [7, 11) is 0. The average molecular weight is 376 g/mol. The Kier molecular flexibility index (Phi) is 7.75. The highest BCUT2D eigenvalue weighted by molar-refractivity contribution is 5.70. The fourth-order valence-electron chi connectivity index (χ4n) is 2.03. The minimum Gasteiger partial charge on any atom is -0.458 e. The Balaban J connectivity index is 2.01. The van der Waals surface area contributed by atoms with Gasteiger partial charge in [-0.1, -0.05) is 6.58 Å². The van der Waals surface area contributed by atoms with E-state index in [0.29, 0.717) is 29.9 Å². The molecule has 0 fully saturated rings. The lowest BCUT2D eigenvalue weighted by Crippen LogP contribution is -2.11. The summed E-state index contributed by atoms with van der Waals surface area (Å²) in [6.45, 7) is 4.99. The lowest BCUT2D eigenvalue weighted by atomic mass is 10.4. The van der Waals surface area contributed by atoms with Crippen molar-refractivity contribution in [2.45, 2.75) is 26.4 Å². The van der Waals surface area contributed by atoms with Crippen LogP contribution in [0.15, 0.2) is 57.3 Å². The Morgan fingerprint density at radius 2 is 1.96 bits per heavy atom. The molecular formula is C19H20O8. The normalized spacial score (nSPS) is 12.6. The van der Waals surface area contributed by atoms with Crippen LogP contribution in [0.4, 0.5) is 0 Å². The van der Waals surface area contributed by atoms with Gasteiger partial charge in [-0.05, 0) is 37.3 Å². The fourth-order valence-corrected chi connectivity index (χ4v) is 2.03. The number of hydrogen-bond acceptors (Lipinski definition) is 8. The molecule has 2 heterocycles. The van der Waals surface area contributed by atoms with E-state index in [9.17, 15) is 9.59 Å². The number of carbonyl (C=O) groups excluding carboxylic acids is 2. The lowest BCUT2D eigenvalue weighted by molar-refractivity contribution is -0.165. The van der Waals surface area contributed by atoms with Crippen molar-refractivity contribution >= 4 is 12.6 Å². The Labute approximate surface area is 155 Å². The molecular weight excluding hydrogens is 356 g/mol. The molecule has 0 saturated carbocycles. The molecule has 0 aliphatic heterocycles. The molecule has 2 aromatic rings. The smallest absolute Gasteiger partial charge is 0.218 e. The van der Waals surface area contributed by atoms with Crippen LogP contribution in [0.3, 0.4) is 0 Å². The number of furan rings is 2. The first kappa shape index (κ1) is 20.4. The maximum Gasteiger partial charge on any atom is 0.218 e. The second kappa shape index (κ2) is 10.3. The summed E-state index contributed by atoms with van der Waals surface area (Å²) in [6.07, 6.45) is 1.68. The van der Waals surface area contributed by atoms with Crippen LogP contribution in [0.25, 0.3) is 0 Å². The summed E-state index contributed by atoms with van der Waals surface area (Å²) in [6, 6.07) is 6.31. The van der Waals surface area contributed by atoms with Gasteiger partial charge in [-0.15, -0.1) is 0 Å². The van der Waals surface area contributed by atoms with Crippen molar-refractivity contribution in [3.63, 3.8) is 0 Å². The van der Waals surface area contributed by atoms with E-state index in [2.05, 4.69) is 6.58 Å². The van der Waals surface area contributed by atoms with E-state index in [-0.39, 0.29) is 37.1 Å². The van der Waals surface area contributed by atoms with Gasteiger partial charge in [0.25, 0.3) is 0 Å². The van der Waals surface area contributed by atoms with E-state index in [1.54, 1.807) is 25.1 Å². The van der Waals surface area contributed by atoms with Gasteiger partial charge in [0.05, 0.1) is 0 Å². The monoisotopic (exact) mass is 376 g/mol. The SMILES string of the molecule is C=C(COC(OCc1ccc(C=O)o1)c1ccc(CO)o1)O/C(C=O)=C\C. The molecule has 0 aliphatic carbocycles. The van der Waals surface area contributed by atoms with Crippen molar-refractivity contribution in [2.24, 2.45) is 0 Å². The van der Waals surface area contributed by atoms with Gasteiger partial charge >= 0.3 is 0 Å². The highest BCUT2D eigenvalue weighted by Gasteiger charge is 2.19. The molecule has 0 aromatic carbocycles. The minimum absolute atomic E-state index is 0.00937. The molecule has 2 aromatic heterocycles. The maximum absolute atomic E-state index is 10.8. The average Bonchev–Trinajstić information content (AvgIpc) is 3.35. The molecule has 8 nitrogen and oxygen atoms in total. The summed E-state index contributed by atoms with van der Waals surface area (Å²) >= 11 is 0. The first-order valence-corrected chi connectivity index (χ1v) is 8.03.